The topological polar surface area (TPSA) is 17.1 Å². The summed E-state index contributed by atoms with van der Waals surface area (Å²) in [6, 6.07) is 0. The highest BCUT2D eigenvalue weighted by atomic mass is 16.1. The molecule has 90 valence electrons. The van der Waals surface area contributed by atoms with Crippen LogP contribution in [-0.4, -0.2) is 5.78 Å². The molecule has 0 saturated heterocycles. The third kappa shape index (κ3) is 3.96. The molecular formula is C15H24O. The Morgan fingerprint density at radius 1 is 1.25 bits per heavy atom. The van der Waals surface area contributed by atoms with Gasteiger partial charge in [-0.2, -0.15) is 0 Å². The average Bonchev–Trinajstić information content (AvgIpc) is 2.17. The Hall–Kier alpha value is -0.850. The zero-order chi connectivity index (χ0) is 12.3. The monoisotopic (exact) mass is 220 g/mol. The second-order valence-electron chi connectivity index (χ2n) is 6.18. The fourth-order valence-electron chi connectivity index (χ4n) is 1.74. The first-order valence-corrected chi connectivity index (χ1v) is 6.23. The number of carbonyl (C=O) groups excluding carboxylic acids is 1. The minimum absolute atomic E-state index is 0.244. The molecule has 0 N–H and O–H groups in total. The van der Waals surface area contributed by atoms with E-state index in [-0.39, 0.29) is 5.41 Å². The maximum absolute atomic E-state index is 12.0. The maximum Gasteiger partial charge on any atom is 0.162 e. The lowest BCUT2D eigenvalue weighted by molar-refractivity contribution is -0.115. The molecular weight excluding hydrogens is 196 g/mol. The SMILES string of the molecule is C[C@@H]1C=C(C(=O)CCC(C)(C)C)C=C[C@@H]1C. The summed E-state index contributed by atoms with van der Waals surface area (Å²) in [5.41, 5.74) is 1.16. The van der Waals surface area contributed by atoms with Crippen LogP contribution < -0.4 is 0 Å². The number of hydrogen-bond donors (Lipinski definition) is 0. The van der Waals surface area contributed by atoms with Gasteiger partial charge in [0.25, 0.3) is 0 Å². The molecule has 2 atom stereocenters. The van der Waals surface area contributed by atoms with Gasteiger partial charge in [-0.25, -0.2) is 0 Å². The van der Waals surface area contributed by atoms with E-state index in [2.05, 4.69) is 46.8 Å². The highest BCUT2D eigenvalue weighted by Crippen LogP contribution is 2.26. The van der Waals surface area contributed by atoms with Crippen molar-refractivity contribution in [2.75, 3.05) is 0 Å². The van der Waals surface area contributed by atoms with Crippen molar-refractivity contribution in [1.29, 1.82) is 0 Å². The quantitative estimate of drug-likeness (QED) is 0.698. The Labute approximate surface area is 99.6 Å². The molecule has 0 spiro atoms. The maximum atomic E-state index is 12.0. The minimum atomic E-state index is 0.244. The van der Waals surface area contributed by atoms with Crippen LogP contribution in [0, 0.1) is 17.3 Å². The molecule has 1 nitrogen and oxygen atoms in total. The van der Waals surface area contributed by atoms with E-state index in [1.165, 1.54) is 0 Å². The number of allylic oxidation sites excluding steroid dienone is 4. The van der Waals surface area contributed by atoms with Crippen molar-refractivity contribution in [3.05, 3.63) is 23.8 Å². The molecule has 0 bridgehead atoms. The molecule has 0 saturated carbocycles. The Morgan fingerprint density at radius 3 is 2.38 bits per heavy atom. The van der Waals surface area contributed by atoms with Gasteiger partial charge in [-0.1, -0.05) is 52.8 Å². The smallest absolute Gasteiger partial charge is 0.162 e. The van der Waals surface area contributed by atoms with Gasteiger partial charge in [0.05, 0.1) is 0 Å². The molecule has 1 heteroatoms. The first-order chi connectivity index (χ1) is 7.29. The van der Waals surface area contributed by atoms with Crippen LogP contribution in [0.25, 0.3) is 0 Å². The molecule has 0 aromatic rings. The average molecular weight is 220 g/mol. The van der Waals surface area contributed by atoms with E-state index < -0.39 is 0 Å². The number of hydrogen-bond acceptors (Lipinski definition) is 1. The molecule has 0 amide bonds. The Kier molecular flexibility index (Phi) is 4.12. The lowest BCUT2D eigenvalue weighted by Gasteiger charge is -2.20. The standard InChI is InChI=1S/C15H24O/c1-11-6-7-13(10-12(11)2)14(16)8-9-15(3,4)5/h6-7,10-12H,8-9H2,1-5H3/t11-,12+/m0/s1. The van der Waals surface area contributed by atoms with Crippen LogP contribution in [0.3, 0.4) is 0 Å². The first-order valence-electron chi connectivity index (χ1n) is 6.23. The van der Waals surface area contributed by atoms with Gasteiger partial charge in [-0.05, 0) is 23.7 Å². The predicted octanol–water partition coefficient (Wildman–Crippen LogP) is 4.15. The number of ketones is 1. The van der Waals surface area contributed by atoms with Crippen LogP contribution in [-0.2, 0) is 4.79 Å². The molecule has 16 heavy (non-hydrogen) atoms. The molecule has 1 aliphatic rings. The summed E-state index contributed by atoms with van der Waals surface area (Å²) in [4.78, 5) is 12.0. The van der Waals surface area contributed by atoms with Crippen molar-refractivity contribution in [2.24, 2.45) is 17.3 Å². The van der Waals surface area contributed by atoms with Gasteiger partial charge in [0, 0.05) is 12.0 Å². The van der Waals surface area contributed by atoms with E-state index in [4.69, 9.17) is 0 Å². The zero-order valence-electron chi connectivity index (χ0n) is 11.2. The largest absolute Gasteiger partial charge is 0.294 e. The van der Waals surface area contributed by atoms with E-state index in [0.717, 1.165) is 12.0 Å². The Bertz CT molecular complexity index is 315. The summed E-state index contributed by atoms with van der Waals surface area (Å²) in [5, 5.41) is 0. The lowest BCUT2D eigenvalue weighted by Crippen LogP contribution is -2.14. The summed E-state index contributed by atoms with van der Waals surface area (Å²) in [5.74, 6) is 1.34. The second-order valence-corrected chi connectivity index (χ2v) is 6.18. The van der Waals surface area contributed by atoms with E-state index in [1.54, 1.807) is 0 Å². The summed E-state index contributed by atoms with van der Waals surface area (Å²) >= 11 is 0. The molecule has 0 aromatic carbocycles. The van der Waals surface area contributed by atoms with Crippen LogP contribution in [0.2, 0.25) is 0 Å². The van der Waals surface area contributed by atoms with Crippen LogP contribution in [0.1, 0.15) is 47.5 Å². The first kappa shape index (κ1) is 13.2. The fraction of sp³-hybridized carbons (Fsp3) is 0.667. The van der Waals surface area contributed by atoms with E-state index in [9.17, 15) is 4.79 Å². The molecule has 0 radical (unpaired) electrons. The zero-order valence-corrected chi connectivity index (χ0v) is 11.2. The van der Waals surface area contributed by atoms with E-state index in [0.29, 0.717) is 24.0 Å². The normalized spacial score (nSPS) is 25.4. The summed E-state index contributed by atoms with van der Waals surface area (Å²) < 4.78 is 0. The third-order valence-corrected chi connectivity index (χ3v) is 3.28. The van der Waals surface area contributed by atoms with E-state index in [1.807, 2.05) is 6.08 Å². The van der Waals surface area contributed by atoms with Crippen LogP contribution in [0.15, 0.2) is 23.8 Å². The molecule has 1 aliphatic carbocycles. The van der Waals surface area contributed by atoms with Crippen LogP contribution in [0.5, 0.6) is 0 Å². The van der Waals surface area contributed by atoms with Crippen LogP contribution in [0.4, 0.5) is 0 Å². The third-order valence-electron chi connectivity index (χ3n) is 3.28. The predicted molar refractivity (Wildman–Crippen MR) is 69.2 cm³/mol. The van der Waals surface area contributed by atoms with Crippen molar-refractivity contribution in [3.63, 3.8) is 0 Å². The van der Waals surface area contributed by atoms with Crippen LogP contribution >= 0.6 is 0 Å². The molecule has 0 fully saturated rings. The molecule has 0 aliphatic heterocycles. The van der Waals surface area contributed by atoms with Crippen molar-refractivity contribution in [3.8, 4) is 0 Å². The summed E-state index contributed by atoms with van der Waals surface area (Å²) in [6.07, 6.45) is 7.89. The summed E-state index contributed by atoms with van der Waals surface area (Å²) in [6.45, 7) is 10.9. The number of rotatable bonds is 3. The highest BCUT2D eigenvalue weighted by Gasteiger charge is 2.18. The van der Waals surface area contributed by atoms with Gasteiger partial charge in [0.2, 0.25) is 0 Å². The van der Waals surface area contributed by atoms with Gasteiger partial charge < -0.3 is 0 Å². The number of Topliss-reactive ketones (excluding diaryl/α,β-unsaturated/α-hetero) is 1. The van der Waals surface area contributed by atoms with Gasteiger partial charge in [0.15, 0.2) is 5.78 Å². The number of carbonyl (C=O) groups is 1. The van der Waals surface area contributed by atoms with Crippen molar-refractivity contribution < 1.29 is 4.79 Å². The van der Waals surface area contributed by atoms with E-state index >= 15 is 0 Å². The van der Waals surface area contributed by atoms with Gasteiger partial charge in [-0.3, -0.25) is 4.79 Å². The van der Waals surface area contributed by atoms with Crippen molar-refractivity contribution in [1.82, 2.24) is 0 Å². The highest BCUT2D eigenvalue weighted by molar-refractivity contribution is 5.98. The molecule has 0 unspecified atom stereocenters. The van der Waals surface area contributed by atoms with Gasteiger partial charge in [-0.15, -0.1) is 0 Å². The minimum Gasteiger partial charge on any atom is -0.294 e. The lowest BCUT2D eigenvalue weighted by atomic mass is 9.84. The Balaban J connectivity index is 2.56. The fourth-order valence-corrected chi connectivity index (χ4v) is 1.74. The molecule has 0 aromatic heterocycles. The van der Waals surface area contributed by atoms with Crippen molar-refractivity contribution in [2.45, 2.75) is 47.5 Å². The van der Waals surface area contributed by atoms with Gasteiger partial charge in [0.1, 0.15) is 0 Å². The Morgan fingerprint density at radius 2 is 1.88 bits per heavy atom. The van der Waals surface area contributed by atoms with Gasteiger partial charge >= 0.3 is 0 Å². The molecule has 0 heterocycles. The molecule has 1 rings (SSSR count). The summed E-state index contributed by atoms with van der Waals surface area (Å²) in [7, 11) is 0. The second kappa shape index (κ2) is 4.99. The van der Waals surface area contributed by atoms with Crippen molar-refractivity contribution >= 4 is 5.78 Å².